The van der Waals surface area contributed by atoms with Gasteiger partial charge in [0.15, 0.2) is 5.65 Å². The number of hydrogen-bond acceptors (Lipinski definition) is 5. The SMILES string of the molecule is O=C(NC(CO)c1ccc(F)c(Cl)c1)c1cc(-c2n[nH]c3ncc(Nc4ccccc4)cc23)c[nH]1. The fourth-order valence-corrected chi connectivity index (χ4v) is 3.93. The third-order valence-electron chi connectivity index (χ3n) is 5.51. The third kappa shape index (κ3) is 4.72. The van der Waals surface area contributed by atoms with E-state index in [1.165, 1.54) is 18.2 Å². The summed E-state index contributed by atoms with van der Waals surface area (Å²) in [5.74, 6) is -1.02. The van der Waals surface area contributed by atoms with Crippen LogP contribution in [0.3, 0.4) is 0 Å². The standard InChI is InChI=1S/C25H20ClFN6O2/c26-19-8-14(6-7-20(19)27)22(13-34)31-25(35)21-9-15(11-28-21)23-18-10-17(12-29-24(18)33-32-23)30-16-4-2-1-3-5-16/h1-12,22,28,30,34H,13H2,(H,31,35)(H,29,32,33). The van der Waals surface area contributed by atoms with Gasteiger partial charge in [-0.3, -0.25) is 9.89 Å². The summed E-state index contributed by atoms with van der Waals surface area (Å²) in [5.41, 5.74) is 4.41. The third-order valence-corrected chi connectivity index (χ3v) is 5.80. The topological polar surface area (TPSA) is 119 Å². The zero-order valence-electron chi connectivity index (χ0n) is 18.2. The lowest BCUT2D eigenvalue weighted by Gasteiger charge is -2.16. The minimum absolute atomic E-state index is 0.0856. The van der Waals surface area contributed by atoms with Gasteiger partial charge < -0.3 is 20.7 Å². The van der Waals surface area contributed by atoms with Crippen LogP contribution in [0.2, 0.25) is 5.02 Å². The van der Waals surface area contributed by atoms with E-state index in [0.29, 0.717) is 22.5 Å². The Bertz CT molecular complexity index is 1500. The van der Waals surface area contributed by atoms with Crippen LogP contribution in [0.1, 0.15) is 22.1 Å². The normalized spacial score (nSPS) is 12.0. The van der Waals surface area contributed by atoms with Gasteiger partial charge in [0, 0.05) is 22.8 Å². The molecule has 5 aromatic rings. The molecule has 1 unspecified atom stereocenters. The fraction of sp³-hybridized carbons (Fsp3) is 0.0800. The van der Waals surface area contributed by atoms with Crippen LogP contribution in [0.4, 0.5) is 15.8 Å². The van der Waals surface area contributed by atoms with Gasteiger partial charge in [-0.05, 0) is 42.0 Å². The van der Waals surface area contributed by atoms with Gasteiger partial charge in [-0.2, -0.15) is 5.10 Å². The second-order valence-electron chi connectivity index (χ2n) is 7.87. The highest BCUT2D eigenvalue weighted by Gasteiger charge is 2.19. The minimum Gasteiger partial charge on any atom is -0.394 e. The van der Waals surface area contributed by atoms with E-state index in [1.807, 2.05) is 36.4 Å². The number of H-pyrrole nitrogens is 2. The van der Waals surface area contributed by atoms with E-state index in [4.69, 9.17) is 11.6 Å². The number of nitrogens with one attached hydrogen (secondary N) is 4. The van der Waals surface area contributed by atoms with E-state index in [9.17, 15) is 14.3 Å². The summed E-state index contributed by atoms with van der Waals surface area (Å²) < 4.78 is 13.5. The second-order valence-corrected chi connectivity index (χ2v) is 8.27. The molecule has 0 spiro atoms. The number of hydrogen-bond donors (Lipinski definition) is 5. The molecule has 5 rings (SSSR count). The predicted octanol–water partition coefficient (Wildman–Crippen LogP) is 4.95. The van der Waals surface area contributed by atoms with E-state index >= 15 is 0 Å². The van der Waals surface area contributed by atoms with E-state index < -0.39 is 17.8 Å². The number of rotatable bonds is 7. The first-order valence-corrected chi connectivity index (χ1v) is 11.1. The minimum atomic E-state index is -0.755. The molecule has 0 aliphatic rings. The first-order valence-electron chi connectivity index (χ1n) is 10.7. The van der Waals surface area contributed by atoms with Gasteiger partial charge in [0.1, 0.15) is 17.2 Å². The summed E-state index contributed by atoms with van der Waals surface area (Å²) >= 11 is 5.84. The maximum atomic E-state index is 13.5. The molecule has 2 aromatic carbocycles. The van der Waals surface area contributed by atoms with Gasteiger partial charge >= 0.3 is 0 Å². The maximum Gasteiger partial charge on any atom is 0.268 e. The van der Waals surface area contributed by atoms with E-state index in [2.05, 4.69) is 30.8 Å². The highest BCUT2D eigenvalue weighted by Crippen LogP contribution is 2.29. The molecule has 5 N–H and O–H groups in total. The molecule has 3 heterocycles. The number of para-hydroxylation sites is 1. The predicted molar refractivity (Wildman–Crippen MR) is 132 cm³/mol. The number of carbonyl (C=O) groups is 1. The van der Waals surface area contributed by atoms with Crippen LogP contribution in [0.15, 0.2) is 73.1 Å². The molecule has 0 radical (unpaired) electrons. The van der Waals surface area contributed by atoms with Crippen LogP contribution in [0, 0.1) is 5.82 Å². The highest BCUT2D eigenvalue weighted by molar-refractivity contribution is 6.30. The monoisotopic (exact) mass is 490 g/mol. The lowest BCUT2D eigenvalue weighted by molar-refractivity contribution is 0.0911. The van der Waals surface area contributed by atoms with E-state index in [1.54, 1.807) is 18.5 Å². The molecule has 0 aliphatic carbocycles. The summed E-state index contributed by atoms with van der Waals surface area (Å²) in [4.78, 5) is 20.2. The van der Waals surface area contributed by atoms with Crippen LogP contribution in [-0.2, 0) is 0 Å². The number of aromatic nitrogens is 4. The Kier molecular flexibility index (Phi) is 6.17. The van der Waals surface area contributed by atoms with Crippen molar-refractivity contribution in [3.63, 3.8) is 0 Å². The summed E-state index contributed by atoms with van der Waals surface area (Å²) in [6, 6.07) is 16.6. The van der Waals surface area contributed by atoms with Gasteiger partial charge in [0.2, 0.25) is 0 Å². The zero-order valence-corrected chi connectivity index (χ0v) is 19.0. The van der Waals surface area contributed by atoms with Crippen molar-refractivity contribution >= 4 is 39.9 Å². The van der Waals surface area contributed by atoms with Crippen LogP contribution in [0.5, 0.6) is 0 Å². The molecule has 3 aromatic heterocycles. The second kappa shape index (κ2) is 9.57. The van der Waals surface area contributed by atoms with Gasteiger partial charge in [0.05, 0.1) is 29.6 Å². The number of aromatic amines is 2. The number of nitrogens with zero attached hydrogens (tertiary/aromatic N) is 2. The molecule has 10 heteroatoms. The van der Waals surface area contributed by atoms with Crippen molar-refractivity contribution in [2.45, 2.75) is 6.04 Å². The molecule has 0 aliphatic heterocycles. The molecular formula is C25H20ClFN6O2. The zero-order chi connectivity index (χ0) is 24.4. The molecule has 1 atom stereocenters. The average molecular weight is 491 g/mol. The number of aliphatic hydroxyl groups is 1. The Morgan fingerprint density at radius 2 is 1.94 bits per heavy atom. The molecule has 0 saturated heterocycles. The van der Waals surface area contributed by atoms with Gasteiger partial charge in [-0.1, -0.05) is 35.9 Å². The Morgan fingerprint density at radius 3 is 2.71 bits per heavy atom. The number of amides is 1. The van der Waals surface area contributed by atoms with Crippen LogP contribution in [-0.4, -0.2) is 37.8 Å². The number of pyridine rings is 1. The molecule has 0 bridgehead atoms. The molecule has 35 heavy (non-hydrogen) atoms. The summed E-state index contributed by atoms with van der Waals surface area (Å²) in [6.07, 6.45) is 3.38. The fourth-order valence-electron chi connectivity index (χ4n) is 3.74. The van der Waals surface area contributed by atoms with Crippen molar-refractivity contribution in [3.8, 4) is 11.3 Å². The summed E-state index contributed by atoms with van der Waals surface area (Å²) in [7, 11) is 0. The maximum absolute atomic E-state index is 13.5. The lowest BCUT2D eigenvalue weighted by atomic mass is 10.1. The Balaban J connectivity index is 1.37. The molecule has 0 saturated carbocycles. The van der Waals surface area contributed by atoms with Crippen molar-refractivity contribution in [3.05, 3.63) is 95.2 Å². The summed E-state index contributed by atoms with van der Waals surface area (Å²) in [6.45, 7) is -0.381. The lowest BCUT2D eigenvalue weighted by Crippen LogP contribution is -2.31. The van der Waals surface area contributed by atoms with E-state index in [-0.39, 0.29) is 17.3 Å². The van der Waals surface area contributed by atoms with Crippen molar-refractivity contribution < 1.29 is 14.3 Å². The molecule has 176 valence electrons. The largest absolute Gasteiger partial charge is 0.394 e. The number of anilines is 2. The number of halogens is 2. The highest BCUT2D eigenvalue weighted by atomic mass is 35.5. The molecule has 8 nitrogen and oxygen atoms in total. The summed E-state index contributed by atoms with van der Waals surface area (Å²) in [5, 5.41) is 23.8. The molecule has 0 fully saturated rings. The first-order chi connectivity index (χ1) is 17.0. The van der Waals surface area contributed by atoms with Gasteiger partial charge in [-0.25, -0.2) is 9.37 Å². The number of fused-ring (bicyclic) bond motifs is 1. The van der Waals surface area contributed by atoms with Gasteiger partial charge in [-0.15, -0.1) is 0 Å². The Hall–Kier alpha value is -4.21. The van der Waals surface area contributed by atoms with Gasteiger partial charge in [0.25, 0.3) is 5.91 Å². The number of carbonyl (C=O) groups excluding carboxylic acids is 1. The smallest absolute Gasteiger partial charge is 0.268 e. The molecule has 1 amide bonds. The van der Waals surface area contributed by atoms with Crippen LogP contribution < -0.4 is 10.6 Å². The average Bonchev–Trinajstić information content (AvgIpc) is 3.52. The van der Waals surface area contributed by atoms with Crippen molar-refractivity contribution in [1.29, 1.82) is 0 Å². The van der Waals surface area contributed by atoms with Crippen molar-refractivity contribution in [2.24, 2.45) is 0 Å². The van der Waals surface area contributed by atoms with Crippen LogP contribution in [0.25, 0.3) is 22.3 Å². The number of aliphatic hydroxyl groups excluding tert-OH is 1. The molecular weight excluding hydrogens is 471 g/mol. The van der Waals surface area contributed by atoms with Crippen molar-refractivity contribution in [1.82, 2.24) is 25.5 Å². The van der Waals surface area contributed by atoms with E-state index in [0.717, 1.165) is 16.8 Å². The van der Waals surface area contributed by atoms with Crippen LogP contribution >= 0.6 is 11.6 Å². The number of benzene rings is 2. The van der Waals surface area contributed by atoms with Crippen molar-refractivity contribution in [2.75, 3.05) is 11.9 Å². The Morgan fingerprint density at radius 1 is 1.11 bits per heavy atom. The quantitative estimate of drug-likeness (QED) is 0.221. The Labute approximate surface area is 204 Å². The first kappa shape index (κ1) is 22.6.